The summed E-state index contributed by atoms with van der Waals surface area (Å²) in [5.41, 5.74) is 4.59. The van der Waals surface area contributed by atoms with Crippen molar-refractivity contribution in [3.8, 4) is 0 Å². The van der Waals surface area contributed by atoms with E-state index in [1.54, 1.807) is 47.2 Å². The van der Waals surface area contributed by atoms with Crippen molar-refractivity contribution in [1.82, 2.24) is 14.1 Å². The molecule has 0 unspecified atom stereocenters. The fraction of sp³-hybridized carbons (Fsp3) is 0.571. The minimum Gasteiger partial charge on any atom is -0.394 e. The number of hydrogen-bond donors (Lipinski definition) is 3. The van der Waals surface area contributed by atoms with Crippen molar-refractivity contribution in [2.75, 3.05) is 74.6 Å². The topological polar surface area (TPSA) is 308 Å². The van der Waals surface area contributed by atoms with Crippen LogP contribution in [-0.2, 0) is 55.8 Å². The standard InChI is InChI=1S/C12H16O4S.C10H12N2O4.C10H14N2O2.C5H9BrO2.C5H4N2O3.C5H10O2.C2H4Br2/c1-10-2-6-12(7-3-10)17(13,14)16-9-8-15-11-4-5-11;13-10-9(12(14)15)2-1-5-11(10)6-7-16-8-3-4-8;11-9-2-1-5-12(10(9)13)6-7-14-8-3-4-8;6-2-1-5-7-3-4-8-5;8-5-4(7(9)10)2-1-3-6-5;6-3-4-7-5-1-2-5;3-1-2-4/h2-3,6-7,11H,4-5,8-9H2,1H3;1-2,5,8H,3-4,6-7H2;1-2,5,8H,3-4,6-7,11H2;5H,1-4H2;1-3H,(H,6,8);5-6H,1-4H2;1-2H2. The number of aliphatic hydroxyl groups excluding tert-OH is 1. The highest BCUT2D eigenvalue weighted by Gasteiger charge is 2.24. The fourth-order valence-electron chi connectivity index (χ4n) is 5.72. The average Bonchev–Trinajstić information content (AvgIpc) is 4.16. The SMILES string of the molecule is BrCCBr.BrCCC1OCCO1.Cc1ccc(S(=O)(=O)OCCOC2CC2)cc1.Nc1cccn(CCOC2CC2)c1=O.O=c1[nH]cccc1[N+](=O)[O-].O=c1c([N+](=O)[O-])cccn1CCOC1CC1.OCCOC1CC1. The van der Waals surface area contributed by atoms with Gasteiger partial charge in [0.05, 0.1) is 97.7 Å². The van der Waals surface area contributed by atoms with Gasteiger partial charge in [0.25, 0.3) is 15.7 Å². The van der Waals surface area contributed by atoms with Crippen LogP contribution in [0.3, 0.4) is 0 Å². The van der Waals surface area contributed by atoms with Crippen LogP contribution in [0.2, 0.25) is 0 Å². The predicted molar refractivity (Wildman–Crippen MR) is 295 cm³/mol. The Bertz CT molecular complexity index is 2570. The maximum Gasteiger partial charge on any atom is 0.334 e. The Morgan fingerprint density at radius 3 is 1.59 bits per heavy atom. The van der Waals surface area contributed by atoms with Crippen LogP contribution in [0.15, 0.2) is 98.5 Å². The summed E-state index contributed by atoms with van der Waals surface area (Å²) in [5.74, 6) is 0. The van der Waals surface area contributed by atoms with Crippen molar-refractivity contribution in [3.05, 3.63) is 136 Å². The molecule has 0 bridgehead atoms. The molecule has 5 fully saturated rings. The van der Waals surface area contributed by atoms with Gasteiger partial charge in [0.1, 0.15) is 0 Å². The summed E-state index contributed by atoms with van der Waals surface area (Å²) in [4.78, 5) is 55.1. The zero-order valence-electron chi connectivity index (χ0n) is 42.3. The summed E-state index contributed by atoms with van der Waals surface area (Å²) in [5, 5.41) is 31.8. The van der Waals surface area contributed by atoms with E-state index in [1.165, 1.54) is 48.0 Å². The van der Waals surface area contributed by atoms with Crippen LogP contribution in [0.4, 0.5) is 17.1 Å². The molecule has 4 aliphatic carbocycles. The van der Waals surface area contributed by atoms with E-state index in [0.717, 1.165) is 85.8 Å². The van der Waals surface area contributed by atoms with Crippen molar-refractivity contribution in [1.29, 1.82) is 0 Å². The number of nitrogens with one attached hydrogen (secondary N) is 1. The van der Waals surface area contributed by atoms with Crippen molar-refractivity contribution in [2.24, 2.45) is 0 Å². The molecular weight excluding hydrogens is 1220 g/mol. The number of nitrogens with two attached hydrogens (primary N) is 1. The quantitative estimate of drug-likeness (QED) is 0.0240. The Morgan fingerprint density at radius 2 is 1.14 bits per heavy atom. The molecule has 1 aromatic carbocycles. The van der Waals surface area contributed by atoms with E-state index in [4.69, 9.17) is 43.4 Å². The van der Waals surface area contributed by atoms with Gasteiger partial charge >= 0.3 is 22.5 Å². The lowest BCUT2D eigenvalue weighted by Gasteiger charge is -2.06. The maximum absolute atomic E-state index is 11.7. The molecule has 4 N–H and O–H groups in total. The van der Waals surface area contributed by atoms with Crippen molar-refractivity contribution < 1.29 is 56.0 Å². The third-order valence-electron chi connectivity index (χ3n) is 10.2. The molecular formula is C49H69Br3N6O17S. The monoisotopic (exact) mass is 1280 g/mol. The number of aryl methyl sites for hydroxylation is 1. The highest BCUT2D eigenvalue weighted by molar-refractivity contribution is 9.12. The molecule has 5 aliphatic rings. The molecule has 9 rings (SSSR count). The number of pyridine rings is 3. The van der Waals surface area contributed by atoms with E-state index in [-0.39, 0.29) is 30.0 Å². The number of nitrogens with zero attached hydrogens (tertiary/aromatic N) is 4. The van der Waals surface area contributed by atoms with Crippen molar-refractivity contribution >= 4 is 75.0 Å². The van der Waals surface area contributed by atoms with Crippen LogP contribution in [0.5, 0.6) is 0 Å². The number of nitro groups is 2. The second-order valence-electron chi connectivity index (χ2n) is 16.9. The number of aromatic amines is 1. The lowest BCUT2D eigenvalue weighted by atomic mass is 10.2. The van der Waals surface area contributed by atoms with Crippen molar-refractivity contribution in [2.45, 2.75) is 113 Å². The number of nitrogen functional groups attached to an aromatic ring is 1. The van der Waals surface area contributed by atoms with Crippen LogP contribution in [0, 0.1) is 27.2 Å². The molecule has 1 aliphatic heterocycles. The lowest BCUT2D eigenvalue weighted by molar-refractivity contribution is -0.386. The molecule has 23 nitrogen and oxygen atoms in total. The molecule has 1 saturated heterocycles. The zero-order valence-corrected chi connectivity index (χ0v) is 47.9. The molecule has 4 aromatic rings. The second kappa shape index (κ2) is 37.5. The first-order chi connectivity index (χ1) is 36.5. The molecule has 4 saturated carbocycles. The molecule has 76 heavy (non-hydrogen) atoms. The van der Waals surface area contributed by atoms with Gasteiger partial charge < -0.3 is 53.4 Å². The van der Waals surface area contributed by atoms with Gasteiger partial charge in [-0.1, -0.05) is 65.5 Å². The number of ether oxygens (including phenoxy) is 6. The predicted octanol–water partition coefficient (Wildman–Crippen LogP) is 6.79. The van der Waals surface area contributed by atoms with Gasteiger partial charge in [0.15, 0.2) is 6.29 Å². The minimum atomic E-state index is -3.63. The Kier molecular flexibility index (Phi) is 32.6. The zero-order chi connectivity index (χ0) is 55.7. The lowest BCUT2D eigenvalue weighted by Crippen LogP contribution is -2.24. The Balaban J connectivity index is 0.000000242. The molecule has 0 radical (unpaired) electrons. The number of rotatable bonds is 22. The summed E-state index contributed by atoms with van der Waals surface area (Å²) in [7, 11) is -3.63. The van der Waals surface area contributed by atoms with E-state index >= 15 is 0 Å². The minimum absolute atomic E-state index is 0.0642. The summed E-state index contributed by atoms with van der Waals surface area (Å²) in [6, 6.07) is 15.2. The van der Waals surface area contributed by atoms with Crippen LogP contribution in [0.25, 0.3) is 0 Å². The van der Waals surface area contributed by atoms with E-state index in [0.29, 0.717) is 69.6 Å². The van der Waals surface area contributed by atoms with E-state index in [1.807, 2.05) is 6.92 Å². The van der Waals surface area contributed by atoms with E-state index in [2.05, 4.69) is 52.8 Å². The van der Waals surface area contributed by atoms with Crippen LogP contribution in [-0.4, -0.2) is 137 Å². The number of aliphatic hydroxyl groups is 1. The first-order valence-electron chi connectivity index (χ1n) is 24.6. The van der Waals surface area contributed by atoms with Gasteiger partial charge in [-0.25, -0.2) is 0 Å². The summed E-state index contributed by atoms with van der Waals surface area (Å²) in [6.07, 6.45) is 16.2. The second-order valence-corrected chi connectivity index (χ2v) is 20.9. The largest absolute Gasteiger partial charge is 0.394 e. The highest BCUT2D eigenvalue weighted by Crippen LogP contribution is 2.25. The molecule has 0 atom stereocenters. The van der Waals surface area contributed by atoms with Gasteiger partial charge in [-0.2, -0.15) is 8.42 Å². The molecule has 3 aromatic heterocycles. The number of anilines is 1. The normalized spacial score (nSPS) is 15.4. The summed E-state index contributed by atoms with van der Waals surface area (Å²) >= 11 is 9.70. The van der Waals surface area contributed by atoms with Crippen LogP contribution < -0.4 is 22.4 Å². The van der Waals surface area contributed by atoms with Gasteiger partial charge in [0, 0.05) is 66.2 Å². The molecule has 0 spiro atoms. The van der Waals surface area contributed by atoms with E-state index in [9.17, 15) is 43.0 Å². The van der Waals surface area contributed by atoms with Gasteiger partial charge in [0.2, 0.25) is 0 Å². The molecule has 4 heterocycles. The van der Waals surface area contributed by atoms with Gasteiger partial charge in [-0.05, 0) is 94.7 Å². The van der Waals surface area contributed by atoms with E-state index < -0.39 is 42.5 Å². The smallest absolute Gasteiger partial charge is 0.334 e. The third kappa shape index (κ3) is 29.5. The number of halogens is 3. The molecule has 27 heteroatoms. The van der Waals surface area contributed by atoms with Gasteiger partial charge in [-0.3, -0.25) is 38.8 Å². The van der Waals surface area contributed by atoms with Crippen LogP contribution in [0.1, 0.15) is 63.4 Å². The Morgan fingerprint density at radius 1 is 0.671 bits per heavy atom. The summed E-state index contributed by atoms with van der Waals surface area (Å²) < 4.78 is 62.7. The number of alkyl halides is 3. The fourth-order valence-corrected chi connectivity index (χ4v) is 6.98. The average molecular weight is 1290 g/mol. The highest BCUT2D eigenvalue weighted by atomic mass is 79.9. The first kappa shape index (κ1) is 66.0. The number of benzene rings is 1. The molecule has 0 amide bonds. The maximum atomic E-state index is 11.7. The summed E-state index contributed by atoms with van der Waals surface area (Å²) in [6.45, 7) is 6.47. The number of hydrogen-bond acceptors (Lipinski definition) is 18. The first-order valence-corrected chi connectivity index (χ1v) is 29.4. The number of aromatic nitrogens is 3. The van der Waals surface area contributed by atoms with Gasteiger partial charge in [-0.15, -0.1) is 0 Å². The third-order valence-corrected chi connectivity index (χ3v) is 13.9. The number of H-pyrrole nitrogens is 1. The Labute approximate surface area is 466 Å². The molecule has 424 valence electrons. The van der Waals surface area contributed by atoms with Crippen LogP contribution >= 0.6 is 47.8 Å². The Hall–Kier alpha value is -4.26. The van der Waals surface area contributed by atoms with Crippen molar-refractivity contribution in [3.63, 3.8) is 0 Å².